The standard InChI is InChI=1S/C32H41FN4O6S/c1-7-8-17-32(5,6)23-16-15-22(19-24(23)33)20-26(36-44(41,42)28-14-9-10-18-34-28)25-12-11-13-27(35-25)37(21-29(38)39)30(40)43-31(2,3)4/h9-16,18-19,26,36H,7-8,17,20-21H2,1-6H3,(H,38,39). The van der Waals surface area contributed by atoms with Gasteiger partial charge in [-0.1, -0.05) is 57.9 Å². The zero-order valence-electron chi connectivity index (χ0n) is 26.0. The predicted molar refractivity (Wildman–Crippen MR) is 165 cm³/mol. The first-order chi connectivity index (χ1) is 20.5. The van der Waals surface area contributed by atoms with Crippen molar-refractivity contribution in [2.45, 2.75) is 89.3 Å². The molecule has 0 bridgehead atoms. The van der Waals surface area contributed by atoms with Gasteiger partial charge in [-0.3, -0.25) is 9.69 Å². The summed E-state index contributed by atoms with van der Waals surface area (Å²) in [4.78, 5) is 33.9. The van der Waals surface area contributed by atoms with E-state index in [2.05, 4.69) is 21.6 Å². The number of ether oxygens (including phenoxy) is 1. The summed E-state index contributed by atoms with van der Waals surface area (Å²) < 4.78 is 50.2. The van der Waals surface area contributed by atoms with Gasteiger partial charge in [-0.25, -0.2) is 32.3 Å². The van der Waals surface area contributed by atoms with Crippen LogP contribution in [0.25, 0.3) is 0 Å². The maximum atomic E-state index is 15.5. The van der Waals surface area contributed by atoms with E-state index in [1.165, 1.54) is 36.5 Å². The average Bonchev–Trinajstić information content (AvgIpc) is 2.94. The Morgan fingerprint density at radius 3 is 2.39 bits per heavy atom. The molecule has 0 aliphatic heterocycles. The first-order valence-corrected chi connectivity index (χ1v) is 15.9. The van der Waals surface area contributed by atoms with E-state index in [-0.39, 0.29) is 28.4 Å². The summed E-state index contributed by atoms with van der Waals surface area (Å²) in [5.74, 6) is -1.75. The second kappa shape index (κ2) is 14.3. The number of amides is 1. The topological polar surface area (TPSA) is 139 Å². The summed E-state index contributed by atoms with van der Waals surface area (Å²) in [7, 11) is -4.17. The fraction of sp³-hybridized carbons (Fsp3) is 0.438. The number of hydrogen-bond acceptors (Lipinski definition) is 7. The highest BCUT2D eigenvalue weighted by Gasteiger charge is 2.29. The van der Waals surface area contributed by atoms with Crippen LogP contribution in [-0.4, -0.2) is 47.7 Å². The van der Waals surface area contributed by atoms with Crippen LogP contribution in [0.4, 0.5) is 15.0 Å². The number of carboxylic acid groups (broad SMARTS) is 1. The lowest BCUT2D eigenvalue weighted by atomic mass is 9.79. The highest BCUT2D eigenvalue weighted by Crippen LogP contribution is 2.32. The van der Waals surface area contributed by atoms with Crippen LogP contribution in [0, 0.1) is 5.82 Å². The van der Waals surface area contributed by atoms with Crippen molar-refractivity contribution in [1.82, 2.24) is 14.7 Å². The lowest BCUT2D eigenvalue weighted by Gasteiger charge is -2.27. The second-order valence-corrected chi connectivity index (χ2v) is 13.9. The molecule has 12 heteroatoms. The van der Waals surface area contributed by atoms with Crippen LogP contribution in [0.5, 0.6) is 0 Å². The van der Waals surface area contributed by atoms with Gasteiger partial charge in [-0.05, 0) is 80.5 Å². The highest BCUT2D eigenvalue weighted by molar-refractivity contribution is 7.89. The normalized spacial score (nSPS) is 12.9. The predicted octanol–water partition coefficient (Wildman–Crippen LogP) is 6.17. The van der Waals surface area contributed by atoms with Crippen LogP contribution in [0.1, 0.15) is 83.7 Å². The Kier molecular flexibility index (Phi) is 11.2. The molecule has 44 heavy (non-hydrogen) atoms. The number of pyridine rings is 2. The van der Waals surface area contributed by atoms with Crippen LogP contribution in [0.2, 0.25) is 0 Å². The van der Waals surface area contributed by atoms with Gasteiger partial charge in [0.2, 0.25) is 0 Å². The number of aliphatic carboxylic acids is 1. The minimum absolute atomic E-state index is 0.000470. The lowest BCUT2D eigenvalue weighted by Crippen LogP contribution is -2.40. The van der Waals surface area contributed by atoms with E-state index in [4.69, 9.17) is 4.74 Å². The molecule has 3 rings (SSSR count). The fourth-order valence-corrected chi connectivity index (χ4v) is 5.82. The number of sulfonamides is 1. The third kappa shape index (κ3) is 9.55. The Hall–Kier alpha value is -3.90. The zero-order chi connectivity index (χ0) is 32.7. The number of halogens is 1. The number of carbonyl (C=O) groups is 2. The van der Waals surface area contributed by atoms with Gasteiger partial charge in [0.15, 0.2) is 5.03 Å². The molecule has 0 fully saturated rings. The van der Waals surface area contributed by atoms with Crippen LogP contribution in [0.3, 0.4) is 0 Å². The summed E-state index contributed by atoms with van der Waals surface area (Å²) in [6.07, 6.45) is 3.18. The largest absolute Gasteiger partial charge is 0.480 e. The third-order valence-corrected chi connectivity index (χ3v) is 8.25. The number of benzene rings is 1. The van der Waals surface area contributed by atoms with Crippen LogP contribution >= 0.6 is 0 Å². The Labute approximate surface area is 258 Å². The summed E-state index contributed by atoms with van der Waals surface area (Å²) in [6, 6.07) is 12.8. The fourth-order valence-electron chi connectivity index (χ4n) is 4.66. The first kappa shape index (κ1) is 34.6. The van der Waals surface area contributed by atoms with Gasteiger partial charge in [0.25, 0.3) is 10.0 Å². The van der Waals surface area contributed by atoms with E-state index in [1.54, 1.807) is 45.0 Å². The number of nitrogens with zero attached hydrogens (tertiary/aromatic N) is 3. The van der Waals surface area contributed by atoms with Crippen molar-refractivity contribution in [3.8, 4) is 0 Å². The Bertz CT molecular complexity index is 1560. The number of rotatable bonds is 13. The maximum absolute atomic E-state index is 15.5. The van der Waals surface area contributed by atoms with Gasteiger partial charge in [0.1, 0.15) is 23.8 Å². The molecule has 2 N–H and O–H groups in total. The van der Waals surface area contributed by atoms with Crippen molar-refractivity contribution in [3.05, 3.63) is 83.4 Å². The number of unbranched alkanes of at least 4 members (excludes halogenated alkanes) is 1. The van der Waals surface area contributed by atoms with E-state index in [1.807, 2.05) is 13.8 Å². The minimum atomic E-state index is -4.17. The van der Waals surface area contributed by atoms with Crippen LogP contribution < -0.4 is 9.62 Å². The van der Waals surface area contributed by atoms with E-state index in [0.29, 0.717) is 11.1 Å². The first-order valence-electron chi connectivity index (χ1n) is 14.4. The van der Waals surface area contributed by atoms with Crippen molar-refractivity contribution in [1.29, 1.82) is 0 Å². The van der Waals surface area contributed by atoms with Gasteiger partial charge in [-0.15, -0.1) is 0 Å². The van der Waals surface area contributed by atoms with Crippen molar-refractivity contribution < 1.29 is 32.2 Å². The van der Waals surface area contributed by atoms with E-state index >= 15 is 4.39 Å². The summed E-state index contributed by atoms with van der Waals surface area (Å²) in [5, 5.41) is 9.27. The molecule has 0 spiro atoms. The lowest BCUT2D eigenvalue weighted by molar-refractivity contribution is -0.135. The quantitative estimate of drug-likeness (QED) is 0.229. The smallest absolute Gasteiger partial charge is 0.416 e. The van der Waals surface area contributed by atoms with E-state index in [9.17, 15) is 23.1 Å². The monoisotopic (exact) mass is 628 g/mol. The van der Waals surface area contributed by atoms with Gasteiger partial charge in [0, 0.05) is 6.20 Å². The Morgan fingerprint density at radius 2 is 1.80 bits per heavy atom. The molecular weight excluding hydrogens is 587 g/mol. The molecule has 238 valence electrons. The van der Waals surface area contributed by atoms with Crippen LogP contribution in [0.15, 0.2) is 65.8 Å². The summed E-state index contributed by atoms with van der Waals surface area (Å²) >= 11 is 0. The van der Waals surface area contributed by atoms with Crippen molar-refractivity contribution in [3.63, 3.8) is 0 Å². The van der Waals surface area contributed by atoms with Gasteiger partial charge in [0.05, 0.1) is 11.7 Å². The number of carbonyl (C=O) groups excluding carboxylic acids is 1. The number of hydrogen-bond donors (Lipinski definition) is 2. The van der Waals surface area contributed by atoms with E-state index < -0.39 is 46.1 Å². The molecule has 3 aromatic rings. The van der Waals surface area contributed by atoms with Crippen LogP contribution in [-0.2, 0) is 31.4 Å². The molecule has 0 saturated heterocycles. The number of anilines is 1. The molecule has 2 aromatic heterocycles. The molecule has 0 aliphatic rings. The molecule has 1 amide bonds. The number of aromatic nitrogens is 2. The summed E-state index contributed by atoms with van der Waals surface area (Å²) in [6.45, 7) is 10.3. The Balaban J connectivity index is 2.05. The maximum Gasteiger partial charge on any atom is 0.416 e. The average molecular weight is 629 g/mol. The molecule has 0 saturated carbocycles. The zero-order valence-corrected chi connectivity index (χ0v) is 26.8. The molecule has 2 heterocycles. The molecule has 1 atom stereocenters. The second-order valence-electron chi connectivity index (χ2n) is 12.2. The summed E-state index contributed by atoms with van der Waals surface area (Å²) in [5.41, 5.74) is -0.0407. The molecule has 0 aliphatic carbocycles. The minimum Gasteiger partial charge on any atom is -0.480 e. The van der Waals surface area contributed by atoms with Crippen molar-refractivity contribution >= 4 is 27.9 Å². The van der Waals surface area contributed by atoms with Crippen molar-refractivity contribution in [2.75, 3.05) is 11.4 Å². The van der Waals surface area contributed by atoms with Gasteiger partial charge < -0.3 is 9.84 Å². The molecule has 0 radical (unpaired) electrons. The SMILES string of the molecule is CCCCC(C)(C)c1ccc(CC(NS(=O)(=O)c2ccccn2)c2cccc(N(CC(=O)O)C(=O)OC(C)(C)C)n2)cc1F. The van der Waals surface area contributed by atoms with Crippen molar-refractivity contribution in [2.24, 2.45) is 0 Å². The highest BCUT2D eigenvalue weighted by atomic mass is 32.2. The van der Waals surface area contributed by atoms with E-state index in [0.717, 1.165) is 24.2 Å². The molecular formula is C32H41FN4O6S. The van der Waals surface area contributed by atoms with Gasteiger partial charge >= 0.3 is 12.1 Å². The third-order valence-electron chi connectivity index (χ3n) is 6.87. The molecule has 10 nitrogen and oxygen atoms in total. The van der Waals surface area contributed by atoms with Gasteiger partial charge in [-0.2, -0.15) is 0 Å². The number of nitrogens with one attached hydrogen (secondary N) is 1. The number of carboxylic acids is 1. The molecule has 1 unspecified atom stereocenters. The molecule has 1 aromatic carbocycles. The Morgan fingerprint density at radius 1 is 1.07 bits per heavy atom.